The van der Waals surface area contributed by atoms with Crippen molar-refractivity contribution in [1.29, 1.82) is 0 Å². The molecule has 0 spiro atoms. The molecule has 56 valence electrons. The molecular weight excluding hydrogens is 130 g/mol. The minimum atomic E-state index is -0.0263. The Bertz CT molecular complexity index is 169. The van der Waals surface area contributed by atoms with Gasteiger partial charge in [-0.05, 0) is 13.5 Å². The standard InChI is InChI=1S/C7H11NO2/c1-8-3-2-6-5(8)4-7(9)10-6/h5-6H,2-4H2,1H3/t5-,6-/m1/s1. The highest BCUT2D eigenvalue weighted by atomic mass is 16.6. The van der Waals surface area contributed by atoms with Crippen molar-refractivity contribution in [3.8, 4) is 0 Å². The number of hydrogen-bond donors (Lipinski definition) is 0. The van der Waals surface area contributed by atoms with Crippen LogP contribution in [0.3, 0.4) is 0 Å². The summed E-state index contributed by atoms with van der Waals surface area (Å²) in [6.45, 7) is 1.07. The number of likely N-dealkylation sites (N-methyl/N-ethyl adjacent to an activating group) is 1. The van der Waals surface area contributed by atoms with Gasteiger partial charge in [0, 0.05) is 6.54 Å². The van der Waals surface area contributed by atoms with Gasteiger partial charge in [0.05, 0.1) is 12.5 Å². The summed E-state index contributed by atoms with van der Waals surface area (Å²) in [6, 6.07) is 0.382. The third kappa shape index (κ3) is 0.736. The molecule has 3 heteroatoms. The molecule has 0 aromatic rings. The van der Waals surface area contributed by atoms with E-state index in [-0.39, 0.29) is 12.1 Å². The van der Waals surface area contributed by atoms with Crippen molar-refractivity contribution in [3.63, 3.8) is 0 Å². The van der Waals surface area contributed by atoms with Crippen molar-refractivity contribution in [2.75, 3.05) is 13.6 Å². The lowest BCUT2D eigenvalue weighted by Crippen LogP contribution is -2.27. The SMILES string of the molecule is CN1CC[C@H]2OC(=O)C[C@H]21. The van der Waals surface area contributed by atoms with E-state index < -0.39 is 0 Å². The molecule has 2 fully saturated rings. The monoisotopic (exact) mass is 141 g/mol. The van der Waals surface area contributed by atoms with Gasteiger partial charge in [-0.15, -0.1) is 0 Å². The summed E-state index contributed by atoms with van der Waals surface area (Å²) < 4.78 is 5.08. The quantitative estimate of drug-likeness (QED) is 0.445. The molecule has 0 bridgehead atoms. The maximum Gasteiger partial charge on any atom is 0.307 e. The number of carbonyl (C=O) groups is 1. The molecule has 0 aliphatic carbocycles. The van der Waals surface area contributed by atoms with Crippen LogP contribution in [-0.2, 0) is 9.53 Å². The average molecular weight is 141 g/mol. The van der Waals surface area contributed by atoms with E-state index in [4.69, 9.17) is 4.74 Å². The Morgan fingerprint density at radius 1 is 1.70 bits per heavy atom. The normalized spacial score (nSPS) is 39.9. The van der Waals surface area contributed by atoms with Gasteiger partial charge in [0.2, 0.25) is 0 Å². The molecule has 0 unspecified atom stereocenters. The third-order valence-electron chi connectivity index (χ3n) is 2.42. The van der Waals surface area contributed by atoms with Gasteiger partial charge in [0.15, 0.2) is 0 Å². The van der Waals surface area contributed by atoms with E-state index >= 15 is 0 Å². The van der Waals surface area contributed by atoms with Crippen molar-refractivity contribution < 1.29 is 9.53 Å². The van der Waals surface area contributed by atoms with Crippen LogP contribution in [0.25, 0.3) is 0 Å². The first-order valence-electron chi connectivity index (χ1n) is 3.67. The summed E-state index contributed by atoms with van der Waals surface area (Å²) in [5.74, 6) is -0.0263. The Morgan fingerprint density at radius 3 is 3.20 bits per heavy atom. The third-order valence-corrected chi connectivity index (χ3v) is 2.42. The summed E-state index contributed by atoms with van der Waals surface area (Å²) in [4.78, 5) is 13.0. The molecule has 0 amide bonds. The van der Waals surface area contributed by atoms with Gasteiger partial charge in [0.25, 0.3) is 0 Å². The second kappa shape index (κ2) is 1.95. The smallest absolute Gasteiger partial charge is 0.307 e. The van der Waals surface area contributed by atoms with Crippen molar-refractivity contribution in [3.05, 3.63) is 0 Å². The maximum atomic E-state index is 10.8. The molecule has 0 aromatic carbocycles. The second-order valence-electron chi connectivity index (χ2n) is 3.07. The number of rotatable bonds is 0. The lowest BCUT2D eigenvalue weighted by atomic mass is 10.1. The minimum absolute atomic E-state index is 0.0263. The average Bonchev–Trinajstić information content (AvgIpc) is 2.35. The molecule has 2 rings (SSSR count). The summed E-state index contributed by atoms with van der Waals surface area (Å²) in [6.07, 6.45) is 1.83. The zero-order chi connectivity index (χ0) is 7.14. The molecule has 2 atom stereocenters. The van der Waals surface area contributed by atoms with E-state index in [0.29, 0.717) is 12.5 Å². The van der Waals surface area contributed by atoms with Gasteiger partial charge < -0.3 is 4.74 Å². The Labute approximate surface area is 60.0 Å². The summed E-state index contributed by atoms with van der Waals surface area (Å²) >= 11 is 0. The van der Waals surface area contributed by atoms with Crippen LogP contribution in [0.1, 0.15) is 12.8 Å². The van der Waals surface area contributed by atoms with E-state index in [1.165, 1.54) is 0 Å². The number of hydrogen-bond acceptors (Lipinski definition) is 3. The number of carbonyl (C=O) groups excluding carboxylic acids is 1. The Morgan fingerprint density at radius 2 is 2.50 bits per heavy atom. The van der Waals surface area contributed by atoms with Crippen LogP contribution in [-0.4, -0.2) is 36.6 Å². The summed E-state index contributed by atoms with van der Waals surface area (Å²) in [7, 11) is 2.05. The molecule has 2 heterocycles. The molecular formula is C7H11NO2. The Kier molecular flexibility index (Phi) is 1.20. The zero-order valence-electron chi connectivity index (χ0n) is 6.04. The molecule has 3 nitrogen and oxygen atoms in total. The van der Waals surface area contributed by atoms with Crippen molar-refractivity contribution in [2.45, 2.75) is 25.0 Å². The first-order chi connectivity index (χ1) is 4.77. The molecule has 0 N–H and O–H groups in total. The van der Waals surface area contributed by atoms with Gasteiger partial charge >= 0.3 is 5.97 Å². The topological polar surface area (TPSA) is 29.5 Å². The van der Waals surface area contributed by atoms with Gasteiger partial charge in [-0.1, -0.05) is 0 Å². The lowest BCUT2D eigenvalue weighted by Gasteiger charge is -2.13. The fraction of sp³-hybridized carbons (Fsp3) is 0.857. The van der Waals surface area contributed by atoms with Crippen LogP contribution in [0.4, 0.5) is 0 Å². The minimum Gasteiger partial charge on any atom is -0.461 e. The first kappa shape index (κ1) is 6.16. The van der Waals surface area contributed by atoms with Crippen molar-refractivity contribution in [1.82, 2.24) is 4.90 Å². The first-order valence-corrected chi connectivity index (χ1v) is 3.67. The van der Waals surface area contributed by atoms with Gasteiger partial charge in [-0.2, -0.15) is 0 Å². The highest BCUT2D eigenvalue weighted by Gasteiger charge is 2.41. The molecule has 2 saturated heterocycles. The number of esters is 1. The van der Waals surface area contributed by atoms with Crippen molar-refractivity contribution >= 4 is 5.97 Å². The highest BCUT2D eigenvalue weighted by Crippen LogP contribution is 2.27. The van der Waals surface area contributed by atoms with E-state index in [0.717, 1.165) is 13.0 Å². The number of fused-ring (bicyclic) bond motifs is 1. The van der Waals surface area contributed by atoms with Gasteiger partial charge in [0.1, 0.15) is 6.10 Å². The van der Waals surface area contributed by atoms with Crippen LogP contribution in [0.5, 0.6) is 0 Å². The summed E-state index contributed by atoms with van der Waals surface area (Å²) in [5, 5.41) is 0. The van der Waals surface area contributed by atoms with Crippen LogP contribution in [0.2, 0.25) is 0 Å². The van der Waals surface area contributed by atoms with Gasteiger partial charge in [-0.3, -0.25) is 9.69 Å². The Balaban J connectivity index is 2.12. The van der Waals surface area contributed by atoms with Crippen LogP contribution >= 0.6 is 0 Å². The second-order valence-corrected chi connectivity index (χ2v) is 3.07. The highest BCUT2D eigenvalue weighted by molar-refractivity contribution is 5.73. The summed E-state index contributed by atoms with van der Waals surface area (Å²) in [5.41, 5.74) is 0. The maximum absolute atomic E-state index is 10.8. The fourth-order valence-electron chi connectivity index (χ4n) is 1.79. The van der Waals surface area contributed by atoms with E-state index in [1.807, 2.05) is 7.05 Å². The predicted octanol–water partition coefficient (Wildman–Crippen LogP) is 0.00600. The number of likely N-dealkylation sites (tertiary alicyclic amines) is 1. The van der Waals surface area contributed by atoms with Crippen LogP contribution < -0.4 is 0 Å². The molecule has 0 radical (unpaired) electrons. The molecule has 10 heavy (non-hydrogen) atoms. The number of nitrogens with zero attached hydrogens (tertiary/aromatic N) is 1. The van der Waals surface area contributed by atoms with Crippen LogP contribution in [0.15, 0.2) is 0 Å². The largest absolute Gasteiger partial charge is 0.461 e. The van der Waals surface area contributed by atoms with E-state index in [2.05, 4.69) is 4.90 Å². The molecule has 2 aliphatic heterocycles. The number of ether oxygens (including phenoxy) is 1. The Hall–Kier alpha value is -0.570. The molecule has 0 saturated carbocycles. The van der Waals surface area contributed by atoms with Gasteiger partial charge in [-0.25, -0.2) is 0 Å². The molecule has 0 aromatic heterocycles. The fourth-order valence-corrected chi connectivity index (χ4v) is 1.79. The van der Waals surface area contributed by atoms with Crippen LogP contribution in [0, 0.1) is 0 Å². The predicted molar refractivity (Wildman–Crippen MR) is 35.5 cm³/mol. The van der Waals surface area contributed by atoms with E-state index in [1.54, 1.807) is 0 Å². The lowest BCUT2D eigenvalue weighted by molar-refractivity contribution is -0.141. The molecule has 2 aliphatic rings. The van der Waals surface area contributed by atoms with Crippen molar-refractivity contribution in [2.24, 2.45) is 0 Å². The zero-order valence-corrected chi connectivity index (χ0v) is 6.04. The van der Waals surface area contributed by atoms with E-state index in [9.17, 15) is 4.79 Å².